The van der Waals surface area contributed by atoms with Crippen LogP contribution in [0.2, 0.25) is 0 Å². The van der Waals surface area contributed by atoms with Gasteiger partial charge in [-0.3, -0.25) is 0 Å². The van der Waals surface area contributed by atoms with Crippen LogP contribution in [0, 0.1) is 5.92 Å². The Kier molecular flexibility index (Phi) is 2.69. The van der Waals surface area contributed by atoms with Crippen molar-refractivity contribution in [3.05, 3.63) is 47.5 Å². The van der Waals surface area contributed by atoms with Crippen LogP contribution in [0.5, 0.6) is 0 Å². The Balaban J connectivity index is 2.30. The number of benzene rings is 1. The first-order valence-corrected chi connectivity index (χ1v) is 5.18. The highest BCUT2D eigenvalue weighted by atomic mass is 16.1. The van der Waals surface area contributed by atoms with Crippen LogP contribution in [0.15, 0.2) is 42.0 Å². The van der Waals surface area contributed by atoms with Gasteiger partial charge in [-0.25, -0.2) is 0 Å². The number of hydrogen-bond acceptors (Lipinski definition) is 2. The van der Waals surface area contributed by atoms with Crippen LogP contribution in [-0.2, 0) is 4.79 Å². The van der Waals surface area contributed by atoms with Gasteiger partial charge in [-0.05, 0) is 12.5 Å². The molecule has 3 atom stereocenters. The summed E-state index contributed by atoms with van der Waals surface area (Å²) < 4.78 is 0. The molecule has 0 radical (unpaired) electrons. The Morgan fingerprint density at radius 1 is 1.27 bits per heavy atom. The highest BCUT2D eigenvalue weighted by Gasteiger charge is 2.32. The minimum atomic E-state index is -0.116. The quantitative estimate of drug-likeness (QED) is 0.586. The Morgan fingerprint density at radius 3 is 2.47 bits per heavy atom. The summed E-state index contributed by atoms with van der Waals surface area (Å²) in [4.78, 5) is 10.9. The largest absolute Gasteiger partial charge is 0.326 e. The van der Waals surface area contributed by atoms with Crippen LogP contribution >= 0.6 is 0 Å². The van der Waals surface area contributed by atoms with Crippen LogP contribution in [-0.4, -0.2) is 12.3 Å². The molecule has 0 aliphatic heterocycles. The third-order valence-corrected chi connectivity index (χ3v) is 3.13. The van der Waals surface area contributed by atoms with E-state index in [9.17, 15) is 4.79 Å². The van der Waals surface area contributed by atoms with Crippen molar-refractivity contribution < 1.29 is 4.79 Å². The van der Waals surface area contributed by atoms with Gasteiger partial charge < -0.3 is 10.5 Å². The lowest BCUT2D eigenvalue weighted by molar-refractivity contribution is -0.110. The molecule has 2 heteroatoms. The molecule has 3 unspecified atom stereocenters. The van der Waals surface area contributed by atoms with Gasteiger partial charge in [-0.15, -0.1) is 0 Å². The van der Waals surface area contributed by atoms with Gasteiger partial charge in [0.25, 0.3) is 0 Å². The molecule has 0 aromatic heterocycles. The summed E-state index contributed by atoms with van der Waals surface area (Å²) >= 11 is 0. The van der Waals surface area contributed by atoms with Crippen molar-refractivity contribution in [3.8, 4) is 0 Å². The van der Waals surface area contributed by atoms with Crippen molar-refractivity contribution in [3.63, 3.8) is 0 Å². The lowest BCUT2D eigenvalue weighted by Gasteiger charge is -2.18. The molecule has 0 bridgehead atoms. The number of rotatable bonds is 2. The molecule has 1 aromatic rings. The normalized spacial score (nSPS) is 30.0. The summed E-state index contributed by atoms with van der Waals surface area (Å²) in [6.07, 6.45) is 3.07. The van der Waals surface area contributed by atoms with Crippen molar-refractivity contribution >= 4 is 6.29 Å². The molecule has 2 rings (SSSR count). The van der Waals surface area contributed by atoms with E-state index in [-0.39, 0.29) is 17.9 Å². The predicted octanol–water partition coefficient (Wildman–Crippen LogP) is 1.87. The van der Waals surface area contributed by atoms with E-state index in [4.69, 9.17) is 5.73 Å². The molecule has 1 aliphatic carbocycles. The molecule has 15 heavy (non-hydrogen) atoms. The number of hydrogen-bond donors (Lipinski definition) is 1. The second-order valence-electron chi connectivity index (χ2n) is 4.09. The van der Waals surface area contributed by atoms with E-state index < -0.39 is 0 Å². The third kappa shape index (κ3) is 1.73. The maximum atomic E-state index is 10.9. The van der Waals surface area contributed by atoms with Gasteiger partial charge in [-0.1, -0.05) is 42.0 Å². The van der Waals surface area contributed by atoms with Crippen molar-refractivity contribution in [2.45, 2.75) is 18.9 Å². The van der Waals surface area contributed by atoms with Crippen LogP contribution in [0.4, 0.5) is 0 Å². The SMILES string of the molecule is CC1=CC(c2ccccc2)C(N)C1C=O. The summed E-state index contributed by atoms with van der Waals surface area (Å²) in [5.41, 5.74) is 8.35. The number of carbonyl (C=O) groups is 1. The zero-order valence-electron chi connectivity index (χ0n) is 8.76. The fourth-order valence-electron chi connectivity index (χ4n) is 2.22. The number of aldehydes is 1. The average molecular weight is 201 g/mol. The number of nitrogens with two attached hydrogens (primary N) is 1. The van der Waals surface area contributed by atoms with E-state index in [1.54, 1.807) is 0 Å². The molecule has 2 N–H and O–H groups in total. The second kappa shape index (κ2) is 3.99. The van der Waals surface area contributed by atoms with Crippen molar-refractivity contribution in [2.75, 3.05) is 0 Å². The van der Waals surface area contributed by atoms with E-state index in [0.717, 1.165) is 11.9 Å². The zero-order chi connectivity index (χ0) is 10.8. The Morgan fingerprint density at radius 2 is 1.93 bits per heavy atom. The van der Waals surface area contributed by atoms with Gasteiger partial charge in [0.2, 0.25) is 0 Å². The molecule has 0 spiro atoms. The van der Waals surface area contributed by atoms with E-state index >= 15 is 0 Å². The summed E-state index contributed by atoms with van der Waals surface area (Å²) in [7, 11) is 0. The minimum Gasteiger partial charge on any atom is -0.326 e. The van der Waals surface area contributed by atoms with Gasteiger partial charge in [0.05, 0.1) is 5.92 Å². The van der Waals surface area contributed by atoms with Gasteiger partial charge in [0.1, 0.15) is 6.29 Å². The lowest BCUT2D eigenvalue weighted by Crippen LogP contribution is -2.32. The van der Waals surface area contributed by atoms with Gasteiger partial charge in [-0.2, -0.15) is 0 Å². The number of carbonyl (C=O) groups excluding carboxylic acids is 1. The lowest BCUT2D eigenvalue weighted by atomic mass is 9.91. The summed E-state index contributed by atoms with van der Waals surface area (Å²) in [6, 6.07) is 9.99. The molecule has 0 fully saturated rings. The minimum absolute atomic E-state index is 0.107. The van der Waals surface area contributed by atoms with Crippen LogP contribution < -0.4 is 5.73 Å². The molecule has 0 amide bonds. The van der Waals surface area contributed by atoms with Crippen molar-refractivity contribution in [2.24, 2.45) is 11.7 Å². The fourth-order valence-corrected chi connectivity index (χ4v) is 2.22. The second-order valence-corrected chi connectivity index (χ2v) is 4.09. The van der Waals surface area contributed by atoms with Crippen LogP contribution in [0.1, 0.15) is 18.4 Å². The Bertz CT molecular complexity index is 383. The molecule has 1 aliphatic rings. The van der Waals surface area contributed by atoms with Crippen LogP contribution in [0.25, 0.3) is 0 Å². The monoisotopic (exact) mass is 201 g/mol. The molecule has 1 aromatic carbocycles. The standard InChI is InChI=1S/C13H15NO/c1-9-7-11(13(14)12(9)8-15)10-5-3-2-4-6-10/h2-8,11-13H,14H2,1H3. The predicted molar refractivity (Wildman–Crippen MR) is 60.5 cm³/mol. The molecular formula is C13H15NO. The summed E-state index contributed by atoms with van der Waals surface area (Å²) in [5, 5.41) is 0. The first-order chi connectivity index (χ1) is 7.24. The topological polar surface area (TPSA) is 43.1 Å². The van der Waals surface area contributed by atoms with Gasteiger partial charge in [0.15, 0.2) is 0 Å². The zero-order valence-corrected chi connectivity index (χ0v) is 8.76. The third-order valence-electron chi connectivity index (χ3n) is 3.13. The molecule has 0 saturated heterocycles. The molecule has 78 valence electrons. The molecule has 2 nitrogen and oxygen atoms in total. The highest BCUT2D eigenvalue weighted by molar-refractivity contribution is 5.63. The van der Waals surface area contributed by atoms with E-state index in [2.05, 4.69) is 18.2 Å². The summed E-state index contributed by atoms with van der Waals surface area (Å²) in [5.74, 6) is 0.0663. The first kappa shape index (κ1) is 10.1. The summed E-state index contributed by atoms with van der Waals surface area (Å²) in [6.45, 7) is 1.97. The Hall–Kier alpha value is -1.41. The van der Waals surface area contributed by atoms with Crippen LogP contribution in [0.3, 0.4) is 0 Å². The van der Waals surface area contributed by atoms with E-state index in [0.29, 0.717) is 0 Å². The van der Waals surface area contributed by atoms with Gasteiger partial charge >= 0.3 is 0 Å². The maximum Gasteiger partial charge on any atom is 0.128 e. The maximum absolute atomic E-state index is 10.9. The van der Waals surface area contributed by atoms with E-state index in [1.807, 2.05) is 25.1 Å². The smallest absolute Gasteiger partial charge is 0.128 e. The van der Waals surface area contributed by atoms with Crippen molar-refractivity contribution in [1.29, 1.82) is 0 Å². The van der Waals surface area contributed by atoms with Gasteiger partial charge in [0, 0.05) is 12.0 Å². The first-order valence-electron chi connectivity index (χ1n) is 5.18. The molecular weight excluding hydrogens is 186 g/mol. The van der Waals surface area contributed by atoms with Crippen molar-refractivity contribution in [1.82, 2.24) is 0 Å². The highest BCUT2D eigenvalue weighted by Crippen LogP contribution is 2.34. The van der Waals surface area contributed by atoms with E-state index in [1.165, 1.54) is 5.56 Å². The Labute approximate surface area is 89.8 Å². The molecule has 0 saturated carbocycles. The average Bonchev–Trinajstić information content (AvgIpc) is 2.55. The molecule has 0 heterocycles. The fraction of sp³-hybridized carbons (Fsp3) is 0.308.